The van der Waals surface area contributed by atoms with Crippen LogP contribution in [0.3, 0.4) is 0 Å². The van der Waals surface area contributed by atoms with Crippen LogP contribution in [-0.4, -0.2) is 0 Å². The molecular weight excluding hydrogens is 622 g/mol. The molecule has 0 radical (unpaired) electrons. The molecule has 2 aliphatic rings. The van der Waals surface area contributed by atoms with Crippen molar-refractivity contribution in [2.45, 2.75) is 5.41 Å². The average molecular weight is 652 g/mol. The first kappa shape index (κ1) is 28.3. The summed E-state index contributed by atoms with van der Waals surface area (Å²) in [5, 5.41) is 7.44. The third-order valence-electron chi connectivity index (χ3n) is 11.2. The van der Waals surface area contributed by atoms with E-state index in [4.69, 9.17) is 0 Å². The molecule has 0 amide bonds. The van der Waals surface area contributed by atoms with Gasteiger partial charge < -0.3 is 4.90 Å². The molecule has 0 heterocycles. The fourth-order valence-corrected chi connectivity index (χ4v) is 9.32. The van der Waals surface area contributed by atoms with E-state index >= 15 is 0 Å². The van der Waals surface area contributed by atoms with Gasteiger partial charge in [0, 0.05) is 17.1 Å². The van der Waals surface area contributed by atoms with Crippen molar-refractivity contribution in [3.8, 4) is 22.3 Å². The predicted octanol–water partition coefficient (Wildman–Crippen LogP) is 13.1. The lowest BCUT2D eigenvalue weighted by atomic mass is 9.69. The Hall–Kier alpha value is -6.51. The van der Waals surface area contributed by atoms with Crippen LogP contribution in [0.15, 0.2) is 182 Å². The number of hydrogen-bond acceptors (Lipinski definition) is 1. The van der Waals surface area contributed by atoms with Gasteiger partial charge in [0.15, 0.2) is 0 Å². The molecule has 51 heavy (non-hydrogen) atoms. The number of nitrogens with zero attached hydrogens (tertiary/aromatic N) is 1. The Labute approximate surface area is 295 Å². The number of halogens is 1. The van der Waals surface area contributed by atoms with Gasteiger partial charge >= 0.3 is 0 Å². The number of anilines is 3. The van der Waals surface area contributed by atoms with E-state index in [0.29, 0.717) is 0 Å². The Morgan fingerprint density at radius 3 is 1.69 bits per heavy atom. The van der Waals surface area contributed by atoms with E-state index in [1.54, 1.807) is 12.1 Å². The van der Waals surface area contributed by atoms with Crippen molar-refractivity contribution in [1.29, 1.82) is 0 Å². The zero-order valence-corrected chi connectivity index (χ0v) is 27.6. The minimum absolute atomic E-state index is 0.259. The molecule has 9 aromatic carbocycles. The molecule has 11 rings (SSSR count). The lowest BCUT2D eigenvalue weighted by Crippen LogP contribution is -2.26. The maximum atomic E-state index is 14.7. The summed E-state index contributed by atoms with van der Waals surface area (Å²) in [6.45, 7) is 0. The van der Waals surface area contributed by atoms with Gasteiger partial charge in [-0.1, -0.05) is 127 Å². The molecule has 238 valence electrons. The highest BCUT2D eigenvalue weighted by molar-refractivity contribution is 6.20. The molecule has 0 aliphatic heterocycles. The van der Waals surface area contributed by atoms with E-state index in [1.807, 2.05) is 24.3 Å². The van der Waals surface area contributed by atoms with Crippen molar-refractivity contribution < 1.29 is 4.39 Å². The first-order chi connectivity index (χ1) is 25.2. The van der Waals surface area contributed by atoms with Crippen LogP contribution in [-0.2, 0) is 5.41 Å². The Balaban J connectivity index is 1.27. The molecule has 9 aromatic rings. The lowest BCUT2D eigenvalue weighted by molar-refractivity contribution is 0.628. The maximum Gasteiger partial charge on any atom is 0.125 e. The van der Waals surface area contributed by atoms with Crippen LogP contribution >= 0.6 is 0 Å². The van der Waals surface area contributed by atoms with E-state index in [-0.39, 0.29) is 5.82 Å². The van der Waals surface area contributed by atoms with Crippen molar-refractivity contribution in [3.05, 3.63) is 210 Å². The van der Waals surface area contributed by atoms with Crippen LogP contribution in [0.1, 0.15) is 22.3 Å². The SMILES string of the molecule is Fc1cccc(N(c2ccccc2)c2ccc3cc4c(cc3c2)C2(c3ccccc3-c3ccccc32)c2c-4c3ccccc3c3ccccc23)c1. The van der Waals surface area contributed by atoms with Gasteiger partial charge in [-0.05, 0) is 131 Å². The monoisotopic (exact) mass is 651 g/mol. The summed E-state index contributed by atoms with van der Waals surface area (Å²) in [6, 6.07) is 64.5. The molecule has 1 spiro atoms. The summed E-state index contributed by atoms with van der Waals surface area (Å²) in [7, 11) is 0. The third kappa shape index (κ3) is 3.79. The highest BCUT2D eigenvalue weighted by atomic mass is 19.1. The number of hydrogen-bond donors (Lipinski definition) is 0. The Morgan fingerprint density at radius 1 is 0.373 bits per heavy atom. The second-order valence-electron chi connectivity index (χ2n) is 13.8. The number of para-hydroxylation sites is 1. The van der Waals surface area contributed by atoms with E-state index in [1.165, 1.54) is 77.5 Å². The second kappa shape index (κ2) is 10.5. The van der Waals surface area contributed by atoms with Crippen molar-refractivity contribution >= 4 is 49.4 Å². The van der Waals surface area contributed by atoms with Crippen LogP contribution in [0.5, 0.6) is 0 Å². The van der Waals surface area contributed by atoms with Crippen LogP contribution in [0.25, 0.3) is 54.6 Å². The van der Waals surface area contributed by atoms with E-state index in [2.05, 4.69) is 144 Å². The van der Waals surface area contributed by atoms with Crippen molar-refractivity contribution in [1.82, 2.24) is 0 Å². The van der Waals surface area contributed by atoms with Gasteiger partial charge in [-0.25, -0.2) is 4.39 Å². The van der Waals surface area contributed by atoms with Crippen molar-refractivity contribution in [2.75, 3.05) is 4.90 Å². The summed E-state index contributed by atoms with van der Waals surface area (Å²) in [4.78, 5) is 2.14. The van der Waals surface area contributed by atoms with Gasteiger partial charge in [-0.3, -0.25) is 0 Å². The zero-order chi connectivity index (χ0) is 33.7. The molecule has 0 bridgehead atoms. The highest BCUT2D eigenvalue weighted by Gasteiger charge is 2.53. The molecular formula is C49H30FN. The number of rotatable bonds is 3. The van der Waals surface area contributed by atoms with Crippen LogP contribution in [0.2, 0.25) is 0 Å². The van der Waals surface area contributed by atoms with Gasteiger partial charge in [0.1, 0.15) is 5.82 Å². The molecule has 2 heteroatoms. The number of fused-ring (bicyclic) bond motifs is 16. The summed E-state index contributed by atoms with van der Waals surface area (Å²) < 4.78 is 14.7. The predicted molar refractivity (Wildman–Crippen MR) is 210 cm³/mol. The lowest BCUT2D eigenvalue weighted by Gasteiger charge is -2.32. The third-order valence-corrected chi connectivity index (χ3v) is 11.2. The van der Waals surface area contributed by atoms with Gasteiger partial charge in [0.05, 0.1) is 5.41 Å². The van der Waals surface area contributed by atoms with Gasteiger partial charge in [-0.15, -0.1) is 0 Å². The molecule has 0 atom stereocenters. The largest absolute Gasteiger partial charge is 0.310 e. The molecule has 0 saturated carbocycles. The molecule has 0 fully saturated rings. The highest BCUT2D eigenvalue weighted by Crippen LogP contribution is 2.65. The molecule has 0 saturated heterocycles. The van der Waals surface area contributed by atoms with E-state index < -0.39 is 5.41 Å². The minimum atomic E-state index is -0.507. The van der Waals surface area contributed by atoms with E-state index in [9.17, 15) is 4.39 Å². The molecule has 2 aliphatic carbocycles. The first-order valence-electron chi connectivity index (χ1n) is 17.5. The van der Waals surface area contributed by atoms with Crippen LogP contribution < -0.4 is 4.90 Å². The van der Waals surface area contributed by atoms with Crippen LogP contribution in [0, 0.1) is 5.82 Å². The fourth-order valence-electron chi connectivity index (χ4n) is 9.32. The van der Waals surface area contributed by atoms with Gasteiger partial charge in [0.2, 0.25) is 0 Å². The van der Waals surface area contributed by atoms with E-state index in [0.717, 1.165) is 22.4 Å². The first-order valence-corrected chi connectivity index (χ1v) is 17.5. The Morgan fingerprint density at radius 2 is 0.961 bits per heavy atom. The molecule has 0 aromatic heterocycles. The minimum Gasteiger partial charge on any atom is -0.310 e. The maximum absolute atomic E-state index is 14.7. The quantitative estimate of drug-likeness (QED) is 0.172. The standard InChI is InChI=1S/C49H30FN/c50-33-13-12-16-35(30-33)51(34-14-2-1-3-15-34)36-26-25-31-28-43-46(29-32(31)27-36)49(44-23-10-8-19-39(44)40-20-9-11-24-45(40)49)48-42-22-7-5-18-38(42)37-17-4-6-21-41(37)47(43)48/h1-30H. The Kier molecular flexibility index (Phi) is 5.83. The smallest absolute Gasteiger partial charge is 0.125 e. The van der Waals surface area contributed by atoms with Gasteiger partial charge in [-0.2, -0.15) is 0 Å². The normalized spacial score (nSPS) is 13.4. The molecule has 0 N–H and O–H groups in total. The summed E-state index contributed by atoms with van der Waals surface area (Å²) in [5.74, 6) is -0.259. The van der Waals surface area contributed by atoms with Crippen molar-refractivity contribution in [3.63, 3.8) is 0 Å². The summed E-state index contributed by atoms with van der Waals surface area (Å²) >= 11 is 0. The van der Waals surface area contributed by atoms with Gasteiger partial charge in [0.25, 0.3) is 0 Å². The zero-order valence-electron chi connectivity index (χ0n) is 27.6. The average Bonchev–Trinajstić information content (AvgIpc) is 3.65. The number of benzene rings is 9. The Bertz CT molecular complexity index is 2840. The van der Waals surface area contributed by atoms with Crippen molar-refractivity contribution in [2.24, 2.45) is 0 Å². The topological polar surface area (TPSA) is 3.24 Å². The van der Waals surface area contributed by atoms with Crippen LogP contribution in [0.4, 0.5) is 21.5 Å². The summed E-state index contributed by atoms with van der Waals surface area (Å²) in [6.07, 6.45) is 0. The molecule has 1 nitrogen and oxygen atoms in total. The molecule has 0 unspecified atom stereocenters. The summed E-state index contributed by atoms with van der Waals surface area (Å²) in [5.41, 5.74) is 12.7. The second-order valence-corrected chi connectivity index (χ2v) is 13.8. The fraction of sp³-hybridized carbons (Fsp3) is 0.0204.